The number of aromatic amines is 1. The molecule has 4 rings (SSSR count). The molecule has 2 fully saturated rings. The molecule has 2 atom stereocenters. The molecule has 3 nitrogen and oxygen atoms in total. The first kappa shape index (κ1) is 14.5. The number of aromatic nitrogens is 1. The van der Waals surface area contributed by atoms with E-state index < -0.39 is 0 Å². The molecule has 3 aliphatic rings. The van der Waals surface area contributed by atoms with E-state index in [4.69, 9.17) is 0 Å². The van der Waals surface area contributed by atoms with Gasteiger partial charge < -0.3 is 9.88 Å². The number of ketones is 1. The third-order valence-corrected chi connectivity index (χ3v) is 6.38. The predicted octanol–water partition coefficient (Wildman–Crippen LogP) is 3.36. The lowest BCUT2D eigenvalue weighted by Crippen LogP contribution is -2.48. The fourth-order valence-electron chi connectivity index (χ4n) is 4.89. The van der Waals surface area contributed by atoms with Crippen LogP contribution in [0.5, 0.6) is 0 Å². The number of hydrogen-bond donors (Lipinski definition) is 1. The zero-order chi connectivity index (χ0) is 15.3. The molecule has 1 N–H and O–H groups in total. The van der Waals surface area contributed by atoms with Gasteiger partial charge in [-0.1, -0.05) is 13.3 Å². The van der Waals surface area contributed by atoms with Gasteiger partial charge in [0.2, 0.25) is 0 Å². The van der Waals surface area contributed by atoms with Crippen LogP contribution in [0.1, 0.15) is 59.9 Å². The average molecular weight is 300 g/mol. The third kappa shape index (κ3) is 2.25. The second-order valence-electron chi connectivity index (χ2n) is 7.72. The Balaban J connectivity index is 1.55. The molecule has 0 radical (unpaired) electrons. The lowest BCUT2D eigenvalue weighted by Gasteiger charge is -2.42. The molecular formula is C19H28N2O. The van der Waals surface area contributed by atoms with Crippen LogP contribution in [0.2, 0.25) is 0 Å². The first-order chi connectivity index (χ1) is 10.7. The van der Waals surface area contributed by atoms with Crippen LogP contribution in [0.15, 0.2) is 0 Å². The standard InChI is InChI=1S/C19H28N2O/c1-3-15-12(2)20-17-9-14-7-8-21(10-13-5-4-6-13)11-16(14)19(22)18(15)17/h13-14,16,20H,3-11H2,1-2H3. The average Bonchev–Trinajstić information content (AvgIpc) is 2.79. The van der Waals surface area contributed by atoms with Crippen LogP contribution < -0.4 is 0 Å². The third-order valence-electron chi connectivity index (χ3n) is 6.38. The van der Waals surface area contributed by atoms with E-state index in [1.165, 1.54) is 55.7 Å². The highest BCUT2D eigenvalue weighted by molar-refractivity contribution is 6.02. The van der Waals surface area contributed by atoms with Gasteiger partial charge in [0.1, 0.15) is 0 Å². The molecule has 3 heteroatoms. The number of carbonyl (C=O) groups is 1. The molecule has 0 aromatic carbocycles. The Morgan fingerprint density at radius 3 is 2.77 bits per heavy atom. The topological polar surface area (TPSA) is 36.1 Å². The number of rotatable bonds is 3. The van der Waals surface area contributed by atoms with E-state index in [0.29, 0.717) is 11.7 Å². The van der Waals surface area contributed by atoms with Crippen molar-refractivity contribution in [2.75, 3.05) is 19.6 Å². The molecule has 0 bridgehead atoms. The number of Topliss-reactive ketones (excluding diaryl/α,β-unsaturated/α-hetero) is 1. The predicted molar refractivity (Wildman–Crippen MR) is 88.3 cm³/mol. The van der Waals surface area contributed by atoms with Crippen molar-refractivity contribution in [3.8, 4) is 0 Å². The molecule has 2 heterocycles. The number of nitrogens with one attached hydrogen (secondary N) is 1. The molecule has 2 aliphatic carbocycles. The Morgan fingerprint density at radius 1 is 1.27 bits per heavy atom. The number of carbonyl (C=O) groups excluding carboxylic acids is 1. The van der Waals surface area contributed by atoms with E-state index in [0.717, 1.165) is 30.9 Å². The summed E-state index contributed by atoms with van der Waals surface area (Å²) in [6, 6.07) is 0. The number of likely N-dealkylation sites (tertiary alicyclic amines) is 1. The highest BCUT2D eigenvalue weighted by atomic mass is 16.1. The van der Waals surface area contributed by atoms with Gasteiger partial charge >= 0.3 is 0 Å². The zero-order valence-electron chi connectivity index (χ0n) is 14.0. The second-order valence-corrected chi connectivity index (χ2v) is 7.72. The monoisotopic (exact) mass is 300 g/mol. The molecule has 22 heavy (non-hydrogen) atoms. The molecule has 1 aromatic rings. The summed E-state index contributed by atoms with van der Waals surface area (Å²) in [6.45, 7) is 7.72. The highest BCUT2D eigenvalue weighted by Gasteiger charge is 2.41. The smallest absolute Gasteiger partial charge is 0.169 e. The van der Waals surface area contributed by atoms with E-state index in [1.807, 2.05) is 0 Å². The number of fused-ring (bicyclic) bond motifs is 2. The van der Waals surface area contributed by atoms with Crippen molar-refractivity contribution >= 4 is 5.78 Å². The first-order valence-electron chi connectivity index (χ1n) is 9.14. The summed E-state index contributed by atoms with van der Waals surface area (Å²) in [5, 5.41) is 0. The maximum Gasteiger partial charge on any atom is 0.169 e. The van der Waals surface area contributed by atoms with E-state index >= 15 is 0 Å². The van der Waals surface area contributed by atoms with E-state index in [1.54, 1.807) is 0 Å². The van der Waals surface area contributed by atoms with Gasteiger partial charge in [-0.2, -0.15) is 0 Å². The quantitative estimate of drug-likeness (QED) is 0.929. The molecule has 1 aromatic heterocycles. The Hall–Kier alpha value is -1.09. The number of piperidine rings is 1. The summed E-state index contributed by atoms with van der Waals surface area (Å²) >= 11 is 0. The van der Waals surface area contributed by atoms with Gasteiger partial charge in [0.25, 0.3) is 0 Å². The molecule has 1 aliphatic heterocycles. The Bertz CT molecular complexity index is 585. The van der Waals surface area contributed by atoms with E-state index in [2.05, 4.69) is 23.7 Å². The van der Waals surface area contributed by atoms with Crippen molar-refractivity contribution in [3.63, 3.8) is 0 Å². The zero-order valence-corrected chi connectivity index (χ0v) is 14.0. The van der Waals surface area contributed by atoms with Gasteiger partial charge in [-0.05, 0) is 63.0 Å². The molecule has 1 saturated carbocycles. The summed E-state index contributed by atoms with van der Waals surface area (Å²) in [5.74, 6) is 2.17. The SMILES string of the molecule is CCc1c(C)[nH]c2c1C(=O)C1CN(CC3CCC3)CCC1C2. The van der Waals surface area contributed by atoms with Crippen molar-refractivity contribution in [1.29, 1.82) is 0 Å². The minimum absolute atomic E-state index is 0.252. The number of aryl methyl sites for hydroxylation is 1. The van der Waals surface area contributed by atoms with Gasteiger partial charge in [-0.3, -0.25) is 4.79 Å². The number of hydrogen-bond acceptors (Lipinski definition) is 2. The molecule has 0 amide bonds. The molecule has 1 saturated heterocycles. The Labute approximate surface area is 133 Å². The fraction of sp³-hybridized carbons (Fsp3) is 0.737. The molecule has 2 unspecified atom stereocenters. The lowest BCUT2D eigenvalue weighted by molar-refractivity contribution is 0.0581. The molecular weight excluding hydrogens is 272 g/mol. The van der Waals surface area contributed by atoms with Crippen molar-refractivity contribution in [3.05, 3.63) is 22.5 Å². The summed E-state index contributed by atoms with van der Waals surface area (Å²) < 4.78 is 0. The Morgan fingerprint density at radius 2 is 2.09 bits per heavy atom. The Kier molecular flexibility index (Phi) is 3.64. The first-order valence-corrected chi connectivity index (χ1v) is 9.14. The van der Waals surface area contributed by atoms with Crippen LogP contribution in [0.3, 0.4) is 0 Å². The van der Waals surface area contributed by atoms with Gasteiger partial charge in [0, 0.05) is 36.0 Å². The van der Waals surface area contributed by atoms with Crippen molar-refractivity contribution in [2.45, 2.75) is 52.4 Å². The highest BCUT2D eigenvalue weighted by Crippen LogP contribution is 2.39. The fourth-order valence-corrected chi connectivity index (χ4v) is 4.89. The summed E-state index contributed by atoms with van der Waals surface area (Å²) in [6.07, 6.45) is 7.47. The summed E-state index contributed by atoms with van der Waals surface area (Å²) in [7, 11) is 0. The van der Waals surface area contributed by atoms with E-state index in [-0.39, 0.29) is 5.92 Å². The summed E-state index contributed by atoms with van der Waals surface area (Å²) in [4.78, 5) is 19.2. The maximum absolute atomic E-state index is 13.1. The van der Waals surface area contributed by atoms with Crippen LogP contribution >= 0.6 is 0 Å². The van der Waals surface area contributed by atoms with Gasteiger partial charge in [0.05, 0.1) is 0 Å². The van der Waals surface area contributed by atoms with Crippen molar-refractivity contribution in [2.24, 2.45) is 17.8 Å². The van der Waals surface area contributed by atoms with Crippen LogP contribution in [-0.4, -0.2) is 35.3 Å². The van der Waals surface area contributed by atoms with Crippen LogP contribution in [0.4, 0.5) is 0 Å². The van der Waals surface area contributed by atoms with Gasteiger partial charge in [-0.15, -0.1) is 0 Å². The van der Waals surface area contributed by atoms with Crippen LogP contribution in [-0.2, 0) is 12.8 Å². The van der Waals surface area contributed by atoms with Crippen molar-refractivity contribution in [1.82, 2.24) is 9.88 Å². The van der Waals surface area contributed by atoms with Crippen LogP contribution in [0, 0.1) is 24.7 Å². The number of nitrogens with zero attached hydrogens (tertiary/aromatic N) is 1. The number of H-pyrrole nitrogens is 1. The molecule has 120 valence electrons. The van der Waals surface area contributed by atoms with Gasteiger partial charge in [-0.25, -0.2) is 0 Å². The molecule has 0 spiro atoms. The second kappa shape index (κ2) is 5.52. The minimum Gasteiger partial charge on any atom is -0.362 e. The van der Waals surface area contributed by atoms with Crippen molar-refractivity contribution < 1.29 is 4.79 Å². The normalized spacial score (nSPS) is 29.1. The lowest BCUT2D eigenvalue weighted by atomic mass is 9.72. The maximum atomic E-state index is 13.1. The minimum atomic E-state index is 0.252. The van der Waals surface area contributed by atoms with Gasteiger partial charge in [0.15, 0.2) is 5.78 Å². The van der Waals surface area contributed by atoms with Crippen LogP contribution in [0.25, 0.3) is 0 Å². The summed E-state index contributed by atoms with van der Waals surface area (Å²) in [5.41, 5.74) is 4.78. The van der Waals surface area contributed by atoms with E-state index in [9.17, 15) is 4.79 Å². The largest absolute Gasteiger partial charge is 0.362 e.